The Labute approximate surface area is 118 Å². The van der Waals surface area contributed by atoms with Crippen molar-refractivity contribution in [3.63, 3.8) is 0 Å². The second kappa shape index (κ2) is 8.34. The van der Waals surface area contributed by atoms with Crippen molar-refractivity contribution >= 4 is 0 Å². The van der Waals surface area contributed by atoms with E-state index in [1.165, 1.54) is 16.7 Å². The Balaban J connectivity index is 2.98. The molecule has 0 amide bonds. The van der Waals surface area contributed by atoms with E-state index >= 15 is 0 Å². The van der Waals surface area contributed by atoms with E-state index in [4.69, 9.17) is 4.74 Å². The van der Waals surface area contributed by atoms with Gasteiger partial charge in [0.15, 0.2) is 0 Å². The van der Waals surface area contributed by atoms with Crippen LogP contribution in [0.4, 0.5) is 0 Å². The maximum atomic E-state index is 5.96. The van der Waals surface area contributed by atoms with E-state index < -0.39 is 0 Å². The van der Waals surface area contributed by atoms with Crippen LogP contribution in [0.25, 0.3) is 0 Å². The first kappa shape index (κ1) is 16.2. The molecule has 0 aromatic heterocycles. The maximum Gasteiger partial charge on any atom is 0.0769 e. The molecule has 108 valence electrons. The summed E-state index contributed by atoms with van der Waals surface area (Å²) in [6, 6.07) is 7.04. The monoisotopic (exact) mass is 263 g/mol. The Morgan fingerprint density at radius 2 is 1.84 bits per heavy atom. The molecule has 19 heavy (non-hydrogen) atoms. The summed E-state index contributed by atoms with van der Waals surface area (Å²) in [5.41, 5.74) is 4.05. The van der Waals surface area contributed by atoms with Crippen molar-refractivity contribution in [2.45, 2.75) is 59.6 Å². The van der Waals surface area contributed by atoms with Gasteiger partial charge in [-0.15, -0.1) is 0 Å². The molecular formula is C17H29NO. The van der Waals surface area contributed by atoms with E-state index in [1.54, 1.807) is 0 Å². The van der Waals surface area contributed by atoms with Crippen LogP contribution in [-0.4, -0.2) is 19.3 Å². The molecule has 2 unspecified atom stereocenters. The van der Waals surface area contributed by atoms with Crippen molar-refractivity contribution in [3.05, 3.63) is 34.9 Å². The number of likely N-dealkylation sites (N-methyl/N-ethyl adjacent to an activating group) is 1. The zero-order chi connectivity index (χ0) is 14.3. The second-order valence-electron chi connectivity index (χ2n) is 5.16. The van der Waals surface area contributed by atoms with E-state index in [1.807, 2.05) is 0 Å². The third kappa shape index (κ3) is 4.63. The quantitative estimate of drug-likeness (QED) is 0.760. The lowest BCUT2D eigenvalue weighted by Crippen LogP contribution is -2.34. The van der Waals surface area contributed by atoms with Gasteiger partial charge >= 0.3 is 0 Å². The number of aryl methyl sites for hydroxylation is 2. The molecule has 2 atom stereocenters. The minimum absolute atomic E-state index is 0.261. The average Bonchev–Trinajstić information content (AvgIpc) is 2.39. The molecule has 0 aliphatic carbocycles. The van der Waals surface area contributed by atoms with Crippen molar-refractivity contribution in [3.8, 4) is 0 Å². The molecule has 0 saturated heterocycles. The van der Waals surface area contributed by atoms with Gasteiger partial charge in [0.2, 0.25) is 0 Å². The molecule has 1 N–H and O–H groups in total. The van der Waals surface area contributed by atoms with Crippen LogP contribution in [0.3, 0.4) is 0 Å². The fourth-order valence-electron chi connectivity index (χ4n) is 2.49. The minimum atomic E-state index is 0.261. The highest BCUT2D eigenvalue weighted by Gasteiger charge is 2.22. The smallest absolute Gasteiger partial charge is 0.0769 e. The molecule has 2 nitrogen and oxygen atoms in total. The normalized spacial score (nSPS) is 14.4. The molecule has 0 radical (unpaired) electrons. The van der Waals surface area contributed by atoms with Gasteiger partial charge in [-0.2, -0.15) is 0 Å². The van der Waals surface area contributed by atoms with E-state index in [2.05, 4.69) is 58.1 Å². The van der Waals surface area contributed by atoms with Crippen LogP contribution in [0.1, 0.15) is 56.3 Å². The predicted molar refractivity (Wildman–Crippen MR) is 82.7 cm³/mol. The summed E-state index contributed by atoms with van der Waals surface area (Å²) >= 11 is 0. The van der Waals surface area contributed by atoms with Crippen molar-refractivity contribution in [2.24, 2.45) is 0 Å². The molecule has 0 saturated carbocycles. The van der Waals surface area contributed by atoms with Gasteiger partial charge in [0.1, 0.15) is 0 Å². The molecule has 0 aliphatic rings. The first-order chi connectivity index (χ1) is 9.13. The van der Waals surface area contributed by atoms with E-state index in [9.17, 15) is 0 Å². The lowest BCUT2D eigenvalue weighted by atomic mass is 9.95. The fourth-order valence-corrected chi connectivity index (χ4v) is 2.49. The first-order valence-electron chi connectivity index (χ1n) is 7.56. The van der Waals surface area contributed by atoms with Crippen LogP contribution in [0.15, 0.2) is 18.2 Å². The van der Waals surface area contributed by atoms with Gasteiger partial charge < -0.3 is 10.1 Å². The standard InChI is InChI=1S/C17H29NO/c1-6-9-16(19-8-3)17(18-7-2)15-11-10-13(4)14(5)12-15/h10-12,16-18H,6-9H2,1-5H3. The number of benzene rings is 1. The number of hydrogen-bond donors (Lipinski definition) is 1. The molecule has 0 spiro atoms. The van der Waals surface area contributed by atoms with Crippen molar-refractivity contribution < 1.29 is 4.74 Å². The highest BCUT2D eigenvalue weighted by molar-refractivity contribution is 5.32. The summed E-state index contributed by atoms with van der Waals surface area (Å²) in [5.74, 6) is 0. The van der Waals surface area contributed by atoms with E-state index in [0.29, 0.717) is 6.04 Å². The maximum absolute atomic E-state index is 5.96. The summed E-state index contributed by atoms with van der Waals surface area (Å²) in [5, 5.41) is 3.59. The number of ether oxygens (including phenoxy) is 1. The van der Waals surface area contributed by atoms with Crippen LogP contribution in [0, 0.1) is 13.8 Å². The summed E-state index contributed by atoms with van der Waals surface area (Å²) in [6.07, 6.45) is 2.51. The molecule has 1 aromatic carbocycles. The van der Waals surface area contributed by atoms with Gasteiger partial charge in [-0.05, 0) is 50.4 Å². The number of hydrogen-bond acceptors (Lipinski definition) is 2. The Hall–Kier alpha value is -0.860. The highest BCUT2D eigenvalue weighted by Crippen LogP contribution is 2.24. The van der Waals surface area contributed by atoms with Crippen LogP contribution in [0.5, 0.6) is 0 Å². The minimum Gasteiger partial charge on any atom is -0.377 e. The summed E-state index contributed by atoms with van der Waals surface area (Å²) < 4.78 is 5.96. The Morgan fingerprint density at radius 1 is 1.11 bits per heavy atom. The van der Waals surface area contributed by atoms with Gasteiger partial charge in [0.05, 0.1) is 12.1 Å². The lowest BCUT2D eigenvalue weighted by Gasteiger charge is -2.28. The van der Waals surface area contributed by atoms with Gasteiger partial charge in [-0.1, -0.05) is 38.5 Å². The molecule has 0 aliphatic heterocycles. The van der Waals surface area contributed by atoms with Crippen molar-refractivity contribution in [1.82, 2.24) is 5.32 Å². The largest absolute Gasteiger partial charge is 0.377 e. The third-order valence-corrected chi connectivity index (χ3v) is 3.64. The average molecular weight is 263 g/mol. The Kier molecular flexibility index (Phi) is 7.11. The van der Waals surface area contributed by atoms with Crippen molar-refractivity contribution in [1.29, 1.82) is 0 Å². The van der Waals surface area contributed by atoms with E-state index in [-0.39, 0.29) is 6.10 Å². The predicted octanol–water partition coefficient (Wildman–Crippen LogP) is 4.16. The summed E-state index contributed by atoms with van der Waals surface area (Å²) in [7, 11) is 0. The van der Waals surface area contributed by atoms with Crippen LogP contribution in [-0.2, 0) is 4.74 Å². The molecule has 0 fully saturated rings. The SMILES string of the molecule is CCCC(OCC)C(NCC)c1ccc(C)c(C)c1. The summed E-state index contributed by atoms with van der Waals surface area (Å²) in [6.45, 7) is 12.5. The summed E-state index contributed by atoms with van der Waals surface area (Å²) in [4.78, 5) is 0. The molecule has 0 bridgehead atoms. The van der Waals surface area contributed by atoms with Gasteiger partial charge in [-0.3, -0.25) is 0 Å². The molecular weight excluding hydrogens is 234 g/mol. The zero-order valence-corrected chi connectivity index (χ0v) is 13.1. The molecule has 2 heteroatoms. The highest BCUT2D eigenvalue weighted by atomic mass is 16.5. The molecule has 1 aromatic rings. The van der Waals surface area contributed by atoms with Gasteiger partial charge in [-0.25, -0.2) is 0 Å². The van der Waals surface area contributed by atoms with Gasteiger partial charge in [0, 0.05) is 6.61 Å². The molecule has 0 heterocycles. The van der Waals surface area contributed by atoms with Gasteiger partial charge in [0.25, 0.3) is 0 Å². The van der Waals surface area contributed by atoms with Crippen molar-refractivity contribution in [2.75, 3.05) is 13.2 Å². The lowest BCUT2D eigenvalue weighted by molar-refractivity contribution is 0.0280. The van der Waals surface area contributed by atoms with Crippen LogP contribution >= 0.6 is 0 Å². The Bertz CT molecular complexity index is 370. The Morgan fingerprint density at radius 3 is 2.37 bits per heavy atom. The van der Waals surface area contributed by atoms with Crippen LogP contribution in [0.2, 0.25) is 0 Å². The zero-order valence-electron chi connectivity index (χ0n) is 13.1. The second-order valence-corrected chi connectivity index (χ2v) is 5.16. The fraction of sp³-hybridized carbons (Fsp3) is 0.647. The van der Waals surface area contributed by atoms with E-state index in [0.717, 1.165) is 26.0 Å². The topological polar surface area (TPSA) is 21.3 Å². The van der Waals surface area contributed by atoms with Crippen LogP contribution < -0.4 is 5.32 Å². The number of nitrogens with one attached hydrogen (secondary N) is 1. The number of rotatable bonds is 8. The molecule has 1 rings (SSSR count). The first-order valence-corrected chi connectivity index (χ1v) is 7.56. The third-order valence-electron chi connectivity index (χ3n) is 3.64.